The second-order valence-electron chi connectivity index (χ2n) is 7.38. The van der Waals surface area contributed by atoms with Gasteiger partial charge in [-0.3, -0.25) is 0 Å². The van der Waals surface area contributed by atoms with E-state index in [0.717, 1.165) is 10.3 Å². The molecule has 3 heteroatoms. The van der Waals surface area contributed by atoms with Crippen LogP contribution in [0.4, 0.5) is 0 Å². The lowest BCUT2D eigenvalue weighted by atomic mass is 9.68. The van der Waals surface area contributed by atoms with E-state index in [1.807, 2.05) is 6.07 Å². The number of hydrogen-bond donors (Lipinski definition) is 1. The summed E-state index contributed by atoms with van der Waals surface area (Å²) in [4.78, 5) is 1.35. The molecule has 1 heterocycles. The van der Waals surface area contributed by atoms with E-state index in [-0.39, 0.29) is 0 Å². The maximum absolute atomic E-state index is 6.06. The van der Waals surface area contributed by atoms with Gasteiger partial charge in [0.25, 0.3) is 0 Å². The number of fused-ring (bicyclic) bond motifs is 2. The minimum absolute atomic E-state index is 0.401. The Hall–Kier alpha value is -0.0500. The van der Waals surface area contributed by atoms with E-state index in [9.17, 15) is 0 Å². The molecule has 0 radical (unpaired) electrons. The van der Waals surface area contributed by atoms with Crippen LogP contribution in [-0.4, -0.2) is 6.04 Å². The van der Waals surface area contributed by atoms with Gasteiger partial charge in [-0.2, -0.15) is 0 Å². The molecule has 1 aromatic rings. The highest BCUT2D eigenvalue weighted by Crippen LogP contribution is 2.62. The molecule has 1 N–H and O–H groups in total. The van der Waals surface area contributed by atoms with Gasteiger partial charge in [-0.05, 0) is 55.1 Å². The molecule has 1 nitrogen and oxygen atoms in total. The van der Waals surface area contributed by atoms with Gasteiger partial charge < -0.3 is 5.32 Å². The molecule has 19 heavy (non-hydrogen) atoms. The van der Waals surface area contributed by atoms with Crippen LogP contribution >= 0.6 is 22.9 Å². The highest BCUT2D eigenvalue weighted by atomic mass is 35.5. The van der Waals surface area contributed by atoms with Crippen LogP contribution in [-0.2, 0) is 0 Å². The standard InChI is InChI=1S/C16H24ClNS/c1-10(12-5-6-13(17)19-12)18-14-15(2,3)11-7-8-16(14,4)9-11/h5-6,10-11,14,18H,7-9H2,1-4H3/t10?,11-,14?,16+/m0/s1. The van der Waals surface area contributed by atoms with Crippen LogP contribution in [0.15, 0.2) is 12.1 Å². The van der Waals surface area contributed by atoms with Crippen LogP contribution in [0.5, 0.6) is 0 Å². The van der Waals surface area contributed by atoms with Crippen molar-refractivity contribution < 1.29 is 0 Å². The number of halogens is 1. The maximum atomic E-state index is 6.06. The molecule has 4 atom stereocenters. The lowest BCUT2D eigenvalue weighted by molar-refractivity contribution is 0.101. The molecule has 2 unspecified atom stereocenters. The fourth-order valence-electron chi connectivity index (χ4n) is 4.61. The van der Waals surface area contributed by atoms with Crippen molar-refractivity contribution in [2.24, 2.45) is 16.7 Å². The Balaban J connectivity index is 1.79. The predicted molar refractivity (Wildman–Crippen MR) is 83.9 cm³/mol. The molecule has 2 saturated carbocycles. The van der Waals surface area contributed by atoms with E-state index in [4.69, 9.17) is 11.6 Å². The van der Waals surface area contributed by atoms with Gasteiger partial charge in [0.1, 0.15) is 0 Å². The zero-order chi connectivity index (χ0) is 13.8. The van der Waals surface area contributed by atoms with E-state index in [2.05, 4.69) is 39.1 Å². The van der Waals surface area contributed by atoms with Gasteiger partial charge >= 0.3 is 0 Å². The molecule has 3 rings (SSSR count). The Labute approximate surface area is 125 Å². The first kappa shape index (κ1) is 13.9. The Kier molecular flexibility index (Phi) is 3.28. The van der Waals surface area contributed by atoms with E-state index >= 15 is 0 Å². The molecule has 0 aromatic carbocycles. The quantitative estimate of drug-likeness (QED) is 0.801. The van der Waals surface area contributed by atoms with Crippen LogP contribution in [0.2, 0.25) is 4.34 Å². The average molecular weight is 298 g/mol. The second-order valence-corrected chi connectivity index (χ2v) is 9.13. The first-order valence-corrected chi connectivity index (χ1v) is 8.54. The summed E-state index contributed by atoms with van der Waals surface area (Å²) in [5.74, 6) is 0.897. The molecule has 0 spiro atoms. The van der Waals surface area contributed by atoms with Crippen molar-refractivity contribution in [2.45, 2.75) is 59.0 Å². The lowest BCUT2D eigenvalue weighted by Gasteiger charge is -2.44. The third-order valence-corrected chi connectivity index (χ3v) is 7.12. The topological polar surface area (TPSA) is 12.0 Å². The monoisotopic (exact) mass is 297 g/mol. The van der Waals surface area contributed by atoms with Gasteiger partial charge in [-0.1, -0.05) is 32.4 Å². The van der Waals surface area contributed by atoms with Crippen LogP contribution < -0.4 is 5.32 Å². The van der Waals surface area contributed by atoms with Gasteiger partial charge in [-0.25, -0.2) is 0 Å². The summed E-state index contributed by atoms with van der Waals surface area (Å²) in [6.07, 6.45) is 4.20. The number of nitrogens with one attached hydrogen (secondary N) is 1. The van der Waals surface area contributed by atoms with Crippen LogP contribution in [0, 0.1) is 16.7 Å². The van der Waals surface area contributed by atoms with Crippen molar-refractivity contribution in [3.8, 4) is 0 Å². The highest BCUT2D eigenvalue weighted by Gasteiger charge is 2.59. The number of thiophene rings is 1. The zero-order valence-corrected chi connectivity index (χ0v) is 13.9. The normalized spacial score (nSPS) is 37.7. The van der Waals surface area contributed by atoms with Crippen molar-refractivity contribution in [1.29, 1.82) is 0 Å². The highest BCUT2D eigenvalue weighted by molar-refractivity contribution is 7.16. The Morgan fingerprint density at radius 3 is 2.63 bits per heavy atom. The van der Waals surface area contributed by atoms with E-state index in [0.29, 0.717) is 22.9 Å². The third-order valence-electron chi connectivity index (χ3n) is 5.71. The minimum Gasteiger partial charge on any atom is -0.306 e. The number of hydrogen-bond acceptors (Lipinski definition) is 2. The fraction of sp³-hybridized carbons (Fsp3) is 0.750. The SMILES string of the molecule is CC(NC1C(C)(C)[C@H]2CC[C@]1(C)C2)c1ccc(Cl)s1. The Bertz CT molecular complexity index is 476. The molecule has 2 aliphatic carbocycles. The summed E-state index contributed by atoms with van der Waals surface area (Å²) in [5, 5.41) is 3.92. The summed E-state index contributed by atoms with van der Waals surface area (Å²) < 4.78 is 0.891. The molecule has 0 amide bonds. The molecule has 0 aliphatic heterocycles. The van der Waals surface area contributed by atoms with E-state index in [1.54, 1.807) is 11.3 Å². The molecule has 2 bridgehead atoms. The average Bonchev–Trinajstić information content (AvgIpc) is 2.96. The van der Waals surface area contributed by atoms with Gasteiger partial charge in [0, 0.05) is 17.0 Å². The number of rotatable bonds is 3. The van der Waals surface area contributed by atoms with Gasteiger partial charge in [0.05, 0.1) is 4.34 Å². The smallest absolute Gasteiger partial charge is 0.0931 e. The Morgan fingerprint density at radius 1 is 1.37 bits per heavy atom. The minimum atomic E-state index is 0.401. The van der Waals surface area contributed by atoms with Crippen molar-refractivity contribution in [2.75, 3.05) is 0 Å². The molecular weight excluding hydrogens is 274 g/mol. The summed E-state index contributed by atoms with van der Waals surface area (Å²) >= 11 is 7.76. The molecule has 0 saturated heterocycles. The molecule has 1 aromatic heterocycles. The predicted octanol–water partition coefficient (Wildman–Crippen LogP) is 5.27. The molecule has 2 aliphatic rings. The Morgan fingerprint density at radius 2 is 2.11 bits per heavy atom. The van der Waals surface area contributed by atoms with E-state index in [1.165, 1.54) is 24.1 Å². The van der Waals surface area contributed by atoms with Crippen molar-refractivity contribution >= 4 is 22.9 Å². The van der Waals surface area contributed by atoms with Gasteiger partial charge in [0.15, 0.2) is 0 Å². The van der Waals surface area contributed by atoms with E-state index < -0.39 is 0 Å². The lowest BCUT2D eigenvalue weighted by Crippen LogP contribution is -2.50. The maximum Gasteiger partial charge on any atom is 0.0931 e. The summed E-state index contributed by atoms with van der Waals surface area (Å²) in [7, 11) is 0. The molecule has 106 valence electrons. The fourth-order valence-corrected chi connectivity index (χ4v) is 5.68. The molecular formula is C16H24ClNS. The van der Waals surface area contributed by atoms with Gasteiger partial charge in [0.2, 0.25) is 0 Å². The van der Waals surface area contributed by atoms with Crippen molar-refractivity contribution in [3.05, 3.63) is 21.3 Å². The van der Waals surface area contributed by atoms with Crippen LogP contribution in [0.3, 0.4) is 0 Å². The second kappa shape index (κ2) is 4.47. The third kappa shape index (κ3) is 2.16. The first-order valence-electron chi connectivity index (χ1n) is 7.34. The zero-order valence-electron chi connectivity index (χ0n) is 12.3. The molecule has 2 fully saturated rings. The van der Waals surface area contributed by atoms with Crippen LogP contribution in [0.1, 0.15) is 57.9 Å². The summed E-state index contributed by atoms with van der Waals surface area (Å²) in [6.45, 7) is 9.66. The van der Waals surface area contributed by atoms with Gasteiger partial charge in [-0.15, -0.1) is 11.3 Å². The van der Waals surface area contributed by atoms with Crippen molar-refractivity contribution in [3.63, 3.8) is 0 Å². The summed E-state index contributed by atoms with van der Waals surface area (Å²) in [5.41, 5.74) is 0.909. The van der Waals surface area contributed by atoms with Crippen LogP contribution in [0.25, 0.3) is 0 Å². The first-order chi connectivity index (χ1) is 8.83. The summed E-state index contributed by atoms with van der Waals surface area (Å²) in [6, 6.07) is 5.19. The van der Waals surface area contributed by atoms with Crippen molar-refractivity contribution in [1.82, 2.24) is 5.32 Å². The largest absolute Gasteiger partial charge is 0.306 e.